The summed E-state index contributed by atoms with van der Waals surface area (Å²) < 4.78 is 13.3. The lowest BCUT2D eigenvalue weighted by Crippen LogP contribution is -2.46. The fourth-order valence-electron chi connectivity index (χ4n) is 3.66. The molecule has 2 fully saturated rings. The van der Waals surface area contributed by atoms with Crippen LogP contribution in [0.15, 0.2) is 42.9 Å². The first-order valence-corrected chi connectivity index (χ1v) is 9.58. The van der Waals surface area contributed by atoms with E-state index in [0.717, 1.165) is 65.4 Å². The first kappa shape index (κ1) is 17.7. The molecule has 0 bridgehead atoms. The van der Waals surface area contributed by atoms with Crippen LogP contribution >= 0.6 is 0 Å². The van der Waals surface area contributed by atoms with Crippen molar-refractivity contribution >= 4 is 0 Å². The van der Waals surface area contributed by atoms with Crippen LogP contribution in [0.3, 0.4) is 0 Å². The lowest BCUT2D eigenvalue weighted by Gasteiger charge is -2.35. The van der Waals surface area contributed by atoms with Gasteiger partial charge in [-0.05, 0) is 5.56 Å². The molecule has 1 aromatic carbocycles. The molecular formula is C20H28N4O2. The molecule has 140 valence electrons. The minimum atomic E-state index is 0.0142. The molecule has 0 aliphatic carbocycles. The van der Waals surface area contributed by atoms with Gasteiger partial charge in [0.05, 0.1) is 25.2 Å². The first-order valence-electron chi connectivity index (χ1n) is 9.58. The maximum atomic E-state index is 5.53. The molecule has 2 saturated heterocycles. The molecule has 3 heterocycles. The molecule has 2 aliphatic rings. The molecule has 2 aliphatic heterocycles. The van der Waals surface area contributed by atoms with E-state index in [9.17, 15) is 0 Å². The number of piperazine rings is 1. The molecule has 0 N–H and O–H groups in total. The number of aromatic nitrogens is 2. The molecule has 2 aromatic rings. The third-order valence-corrected chi connectivity index (χ3v) is 5.22. The Morgan fingerprint density at radius 2 is 1.65 bits per heavy atom. The fourth-order valence-corrected chi connectivity index (χ4v) is 3.66. The standard InChI is InChI=1S/C20H28N4O2/c1-2-4-18(5-3-1)15-24-17-21-14-19(24)16-23-10-8-22(9-11-23)7-6-20-25-12-13-26-20/h1-5,14,17,20H,6-13,15-16H2. The second kappa shape index (κ2) is 8.77. The largest absolute Gasteiger partial charge is 0.350 e. The quantitative estimate of drug-likeness (QED) is 0.757. The van der Waals surface area contributed by atoms with E-state index in [4.69, 9.17) is 9.47 Å². The summed E-state index contributed by atoms with van der Waals surface area (Å²) >= 11 is 0. The average Bonchev–Trinajstić information content (AvgIpc) is 3.35. The van der Waals surface area contributed by atoms with Gasteiger partial charge in [-0.3, -0.25) is 4.90 Å². The summed E-state index contributed by atoms with van der Waals surface area (Å²) in [6, 6.07) is 10.6. The third-order valence-electron chi connectivity index (χ3n) is 5.22. The number of imidazole rings is 1. The van der Waals surface area contributed by atoms with E-state index in [1.54, 1.807) is 0 Å². The number of hydrogen-bond donors (Lipinski definition) is 0. The Balaban J connectivity index is 1.24. The Hall–Kier alpha value is -1.73. The van der Waals surface area contributed by atoms with Crippen molar-refractivity contribution < 1.29 is 9.47 Å². The predicted molar refractivity (Wildman–Crippen MR) is 99.8 cm³/mol. The van der Waals surface area contributed by atoms with E-state index in [2.05, 4.69) is 49.7 Å². The summed E-state index contributed by atoms with van der Waals surface area (Å²) in [6.45, 7) is 8.83. The highest BCUT2D eigenvalue weighted by molar-refractivity contribution is 5.16. The molecule has 6 heteroatoms. The van der Waals surface area contributed by atoms with Crippen molar-refractivity contribution in [2.24, 2.45) is 0 Å². The van der Waals surface area contributed by atoms with Gasteiger partial charge in [0.2, 0.25) is 0 Å². The lowest BCUT2D eigenvalue weighted by molar-refractivity contribution is -0.0533. The van der Waals surface area contributed by atoms with Gasteiger partial charge in [-0.2, -0.15) is 0 Å². The van der Waals surface area contributed by atoms with Gasteiger partial charge in [-0.1, -0.05) is 30.3 Å². The van der Waals surface area contributed by atoms with E-state index in [1.165, 1.54) is 11.3 Å². The zero-order valence-corrected chi connectivity index (χ0v) is 15.3. The highest BCUT2D eigenvalue weighted by Crippen LogP contribution is 2.13. The van der Waals surface area contributed by atoms with Gasteiger partial charge in [0.1, 0.15) is 0 Å². The monoisotopic (exact) mass is 356 g/mol. The van der Waals surface area contributed by atoms with Gasteiger partial charge in [0, 0.05) is 58.4 Å². The van der Waals surface area contributed by atoms with Crippen LogP contribution in [0.25, 0.3) is 0 Å². The Bertz CT molecular complexity index is 661. The van der Waals surface area contributed by atoms with E-state index in [-0.39, 0.29) is 6.29 Å². The van der Waals surface area contributed by atoms with E-state index < -0.39 is 0 Å². The van der Waals surface area contributed by atoms with E-state index in [0.29, 0.717) is 0 Å². The van der Waals surface area contributed by atoms with Crippen molar-refractivity contribution in [1.82, 2.24) is 19.4 Å². The topological polar surface area (TPSA) is 42.8 Å². The highest BCUT2D eigenvalue weighted by atomic mass is 16.7. The molecule has 0 radical (unpaired) electrons. The number of rotatable bonds is 7. The Morgan fingerprint density at radius 1 is 0.923 bits per heavy atom. The number of benzene rings is 1. The molecule has 0 saturated carbocycles. The summed E-state index contributed by atoms with van der Waals surface area (Å²) in [5, 5.41) is 0. The Labute approximate surface area is 155 Å². The minimum absolute atomic E-state index is 0.0142. The van der Waals surface area contributed by atoms with Crippen molar-refractivity contribution in [3.05, 3.63) is 54.1 Å². The molecule has 4 rings (SSSR count). The maximum Gasteiger partial charge on any atom is 0.159 e. The van der Waals surface area contributed by atoms with E-state index >= 15 is 0 Å². The second-order valence-corrected chi connectivity index (χ2v) is 7.08. The fraction of sp³-hybridized carbons (Fsp3) is 0.550. The van der Waals surface area contributed by atoms with Gasteiger partial charge in [-0.15, -0.1) is 0 Å². The van der Waals surface area contributed by atoms with E-state index in [1.807, 2.05) is 12.5 Å². The van der Waals surface area contributed by atoms with Crippen LogP contribution in [-0.4, -0.2) is 71.6 Å². The highest BCUT2D eigenvalue weighted by Gasteiger charge is 2.21. The Morgan fingerprint density at radius 3 is 2.42 bits per heavy atom. The van der Waals surface area contributed by atoms with Crippen molar-refractivity contribution in [2.75, 3.05) is 45.9 Å². The molecule has 0 atom stereocenters. The molecule has 0 unspecified atom stereocenters. The molecular weight excluding hydrogens is 328 g/mol. The number of ether oxygens (including phenoxy) is 2. The normalized spacial score (nSPS) is 20.0. The summed E-state index contributed by atoms with van der Waals surface area (Å²) in [4.78, 5) is 9.41. The van der Waals surface area contributed by atoms with Crippen LogP contribution in [-0.2, 0) is 22.6 Å². The Kier molecular flexibility index (Phi) is 5.96. The van der Waals surface area contributed by atoms with Crippen LogP contribution in [0.1, 0.15) is 17.7 Å². The number of hydrogen-bond acceptors (Lipinski definition) is 5. The van der Waals surface area contributed by atoms with Crippen LogP contribution < -0.4 is 0 Å². The minimum Gasteiger partial charge on any atom is -0.350 e. The third kappa shape index (κ3) is 4.71. The average molecular weight is 356 g/mol. The second-order valence-electron chi connectivity index (χ2n) is 7.08. The SMILES string of the molecule is c1ccc(Cn2cncc2CN2CCN(CCC3OCCO3)CC2)cc1. The summed E-state index contributed by atoms with van der Waals surface area (Å²) in [5.74, 6) is 0. The molecule has 1 aromatic heterocycles. The molecule has 0 amide bonds. The predicted octanol–water partition coefficient (Wildman–Crippen LogP) is 1.81. The first-order chi connectivity index (χ1) is 12.9. The van der Waals surface area contributed by atoms with Gasteiger partial charge in [0.25, 0.3) is 0 Å². The zero-order valence-electron chi connectivity index (χ0n) is 15.3. The summed E-state index contributed by atoms with van der Waals surface area (Å²) in [6.07, 6.45) is 4.94. The summed E-state index contributed by atoms with van der Waals surface area (Å²) in [7, 11) is 0. The smallest absolute Gasteiger partial charge is 0.159 e. The van der Waals surface area contributed by atoms with Crippen LogP contribution in [0.4, 0.5) is 0 Å². The molecule has 26 heavy (non-hydrogen) atoms. The zero-order chi connectivity index (χ0) is 17.6. The van der Waals surface area contributed by atoms with Gasteiger partial charge < -0.3 is 18.9 Å². The van der Waals surface area contributed by atoms with Gasteiger partial charge in [-0.25, -0.2) is 4.98 Å². The van der Waals surface area contributed by atoms with Gasteiger partial charge >= 0.3 is 0 Å². The van der Waals surface area contributed by atoms with Crippen molar-refractivity contribution in [3.63, 3.8) is 0 Å². The number of nitrogens with zero attached hydrogens (tertiary/aromatic N) is 4. The molecule has 6 nitrogen and oxygen atoms in total. The maximum absolute atomic E-state index is 5.53. The van der Waals surface area contributed by atoms with Crippen LogP contribution in [0.2, 0.25) is 0 Å². The van der Waals surface area contributed by atoms with Gasteiger partial charge in [0.15, 0.2) is 6.29 Å². The van der Waals surface area contributed by atoms with Crippen LogP contribution in [0, 0.1) is 0 Å². The summed E-state index contributed by atoms with van der Waals surface area (Å²) in [5.41, 5.74) is 2.60. The van der Waals surface area contributed by atoms with Crippen molar-refractivity contribution in [3.8, 4) is 0 Å². The molecule has 0 spiro atoms. The van der Waals surface area contributed by atoms with Crippen LogP contribution in [0.5, 0.6) is 0 Å². The van der Waals surface area contributed by atoms with Crippen molar-refractivity contribution in [2.45, 2.75) is 25.8 Å². The van der Waals surface area contributed by atoms with Crippen molar-refractivity contribution in [1.29, 1.82) is 0 Å². The lowest BCUT2D eigenvalue weighted by atomic mass is 10.2.